The van der Waals surface area contributed by atoms with Crippen molar-refractivity contribution in [2.45, 2.75) is 20.4 Å². The summed E-state index contributed by atoms with van der Waals surface area (Å²) in [7, 11) is 0. The fourth-order valence-corrected chi connectivity index (χ4v) is 1.55. The molecule has 2 N–H and O–H groups in total. The summed E-state index contributed by atoms with van der Waals surface area (Å²) in [6.45, 7) is 4.51. The highest BCUT2D eigenvalue weighted by atomic mass is 15.3. The van der Waals surface area contributed by atoms with E-state index in [9.17, 15) is 0 Å². The average Bonchev–Trinajstić information content (AvgIpc) is 2.69. The normalized spacial score (nSPS) is 10.6. The maximum absolute atomic E-state index is 5.60. The van der Waals surface area contributed by atoms with Crippen LogP contribution in [0.1, 0.15) is 17.0 Å². The van der Waals surface area contributed by atoms with Gasteiger partial charge in [-0.3, -0.25) is 0 Å². The van der Waals surface area contributed by atoms with Crippen molar-refractivity contribution in [2.75, 3.05) is 0 Å². The second kappa shape index (κ2) is 3.82. The zero-order chi connectivity index (χ0) is 10.8. The molecule has 2 rings (SSSR count). The molecule has 0 unspecified atom stereocenters. The van der Waals surface area contributed by atoms with Gasteiger partial charge in [0.25, 0.3) is 0 Å². The summed E-state index contributed by atoms with van der Waals surface area (Å²) in [5.41, 5.74) is 9.02. The third-order valence-corrected chi connectivity index (χ3v) is 2.39. The summed E-state index contributed by atoms with van der Waals surface area (Å²) in [6, 6.07) is 6.24. The Bertz CT molecular complexity index is 473. The van der Waals surface area contributed by atoms with Gasteiger partial charge in [0.2, 0.25) is 0 Å². The number of nitrogens with two attached hydrogens (primary N) is 1. The van der Waals surface area contributed by atoms with E-state index in [-0.39, 0.29) is 0 Å². The average molecular weight is 202 g/mol. The van der Waals surface area contributed by atoms with Crippen LogP contribution in [-0.4, -0.2) is 14.8 Å². The lowest BCUT2D eigenvalue weighted by molar-refractivity contribution is 0.784. The van der Waals surface area contributed by atoms with Gasteiger partial charge in [0.05, 0.1) is 12.2 Å². The number of nitrogens with zero attached hydrogens (tertiary/aromatic N) is 3. The number of aromatic nitrogens is 3. The van der Waals surface area contributed by atoms with Crippen molar-refractivity contribution in [3.63, 3.8) is 0 Å². The minimum atomic E-state index is 0.396. The molecule has 0 aliphatic heterocycles. The lowest BCUT2D eigenvalue weighted by Crippen LogP contribution is -2.09. The van der Waals surface area contributed by atoms with E-state index in [1.807, 2.05) is 0 Å². The summed E-state index contributed by atoms with van der Waals surface area (Å²) in [5.74, 6) is 0.781. The fourth-order valence-electron chi connectivity index (χ4n) is 1.55. The van der Waals surface area contributed by atoms with Gasteiger partial charge in [0.1, 0.15) is 12.2 Å². The Kier molecular flexibility index (Phi) is 2.51. The molecule has 0 bridgehead atoms. The van der Waals surface area contributed by atoms with Crippen molar-refractivity contribution in [3.8, 4) is 5.69 Å². The molecule has 4 nitrogen and oxygen atoms in total. The maximum atomic E-state index is 5.60. The predicted octanol–water partition coefficient (Wildman–Crippen LogP) is 1.34. The first kappa shape index (κ1) is 9.86. The highest BCUT2D eigenvalue weighted by molar-refractivity contribution is 5.42. The molecule has 0 atom stereocenters. The molecule has 1 aromatic heterocycles. The van der Waals surface area contributed by atoms with Crippen LogP contribution in [0.3, 0.4) is 0 Å². The first-order valence-corrected chi connectivity index (χ1v) is 4.89. The van der Waals surface area contributed by atoms with Crippen LogP contribution in [0.15, 0.2) is 24.5 Å². The van der Waals surface area contributed by atoms with Crippen LogP contribution in [-0.2, 0) is 6.54 Å². The predicted molar refractivity (Wildman–Crippen MR) is 58.7 cm³/mol. The van der Waals surface area contributed by atoms with Crippen molar-refractivity contribution in [2.24, 2.45) is 5.73 Å². The number of hydrogen-bond acceptors (Lipinski definition) is 3. The molecule has 0 aliphatic rings. The molecule has 78 valence electrons. The Balaban J connectivity index is 2.58. The molecule has 4 heteroatoms. The van der Waals surface area contributed by atoms with Crippen LogP contribution in [0.2, 0.25) is 0 Å². The van der Waals surface area contributed by atoms with Crippen LogP contribution in [0.25, 0.3) is 5.69 Å². The molecule has 15 heavy (non-hydrogen) atoms. The third-order valence-electron chi connectivity index (χ3n) is 2.39. The maximum Gasteiger partial charge on any atom is 0.145 e. The monoisotopic (exact) mass is 202 g/mol. The lowest BCUT2D eigenvalue weighted by Gasteiger charge is -2.08. The van der Waals surface area contributed by atoms with E-state index in [1.54, 1.807) is 4.68 Å². The minimum Gasteiger partial charge on any atom is -0.324 e. The number of aryl methyl sites for hydroxylation is 2. The molecule has 0 amide bonds. The van der Waals surface area contributed by atoms with E-state index >= 15 is 0 Å². The Hall–Kier alpha value is -1.68. The highest BCUT2D eigenvalue weighted by Crippen LogP contribution is 2.15. The summed E-state index contributed by atoms with van der Waals surface area (Å²) in [4.78, 5) is 4.11. The molecule has 0 aliphatic carbocycles. The van der Waals surface area contributed by atoms with Gasteiger partial charge < -0.3 is 5.73 Å². The van der Waals surface area contributed by atoms with E-state index in [4.69, 9.17) is 5.73 Å². The van der Waals surface area contributed by atoms with Gasteiger partial charge in [-0.05, 0) is 31.0 Å². The van der Waals surface area contributed by atoms with Crippen molar-refractivity contribution < 1.29 is 0 Å². The van der Waals surface area contributed by atoms with Gasteiger partial charge >= 0.3 is 0 Å². The summed E-state index contributed by atoms with van der Waals surface area (Å²) >= 11 is 0. The molecule has 1 aromatic carbocycles. The van der Waals surface area contributed by atoms with Crippen LogP contribution in [0.4, 0.5) is 0 Å². The first-order valence-electron chi connectivity index (χ1n) is 4.89. The van der Waals surface area contributed by atoms with Crippen LogP contribution in [0, 0.1) is 13.8 Å². The van der Waals surface area contributed by atoms with E-state index < -0.39 is 0 Å². The quantitative estimate of drug-likeness (QED) is 0.799. The number of hydrogen-bond donors (Lipinski definition) is 1. The Labute approximate surface area is 88.8 Å². The van der Waals surface area contributed by atoms with Gasteiger partial charge in [-0.2, -0.15) is 5.10 Å². The Morgan fingerprint density at radius 1 is 1.33 bits per heavy atom. The smallest absolute Gasteiger partial charge is 0.145 e. The van der Waals surface area contributed by atoms with E-state index in [0.29, 0.717) is 6.54 Å². The summed E-state index contributed by atoms with van der Waals surface area (Å²) in [6.07, 6.45) is 1.53. The number of rotatable bonds is 2. The zero-order valence-electron chi connectivity index (χ0n) is 8.94. The molecule has 0 fully saturated rings. The second-order valence-corrected chi connectivity index (χ2v) is 3.58. The van der Waals surface area contributed by atoms with E-state index in [2.05, 4.69) is 42.1 Å². The second-order valence-electron chi connectivity index (χ2n) is 3.58. The molecule has 1 heterocycles. The highest BCUT2D eigenvalue weighted by Gasteiger charge is 2.07. The molecular weight excluding hydrogens is 188 g/mol. The van der Waals surface area contributed by atoms with E-state index in [1.165, 1.54) is 17.5 Å². The van der Waals surface area contributed by atoms with Crippen LogP contribution in [0.5, 0.6) is 0 Å². The summed E-state index contributed by atoms with van der Waals surface area (Å²) < 4.78 is 1.79. The van der Waals surface area contributed by atoms with E-state index in [0.717, 1.165) is 11.5 Å². The fraction of sp³-hybridized carbons (Fsp3) is 0.273. The summed E-state index contributed by atoms with van der Waals surface area (Å²) in [5, 5.41) is 4.18. The third kappa shape index (κ3) is 1.76. The zero-order valence-corrected chi connectivity index (χ0v) is 8.94. The topological polar surface area (TPSA) is 56.7 Å². The Morgan fingerprint density at radius 3 is 2.87 bits per heavy atom. The van der Waals surface area contributed by atoms with Crippen molar-refractivity contribution in [3.05, 3.63) is 41.5 Å². The first-order chi connectivity index (χ1) is 7.22. The molecule has 0 spiro atoms. The molecule has 0 saturated carbocycles. The van der Waals surface area contributed by atoms with Gasteiger partial charge in [-0.15, -0.1) is 0 Å². The Morgan fingerprint density at radius 2 is 2.13 bits per heavy atom. The largest absolute Gasteiger partial charge is 0.324 e. The van der Waals surface area contributed by atoms with Crippen molar-refractivity contribution in [1.82, 2.24) is 14.8 Å². The van der Waals surface area contributed by atoms with Crippen molar-refractivity contribution in [1.29, 1.82) is 0 Å². The molecule has 0 radical (unpaired) electrons. The molecule has 0 saturated heterocycles. The minimum absolute atomic E-state index is 0.396. The molecular formula is C11H14N4. The van der Waals surface area contributed by atoms with Crippen LogP contribution < -0.4 is 5.73 Å². The SMILES string of the molecule is Cc1ccc(C)c(-n2ncnc2CN)c1. The van der Waals surface area contributed by atoms with Crippen molar-refractivity contribution >= 4 is 0 Å². The molecule has 2 aromatic rings. The van der Waals surface area contributed by atoms with Crippen LogP contribution >= 0.6 is 0 Å². The number of benzene rings is 1. The van der Waals surface area contributed by atoms with Gasteiger partial charge in [-0.1, -0.05) is 12.1 Å². The standard InChI is InChI=1S/C11H14N4/c1-8-3-4-9(2)10(5-8)15-11(6-12)13-7-14-15/h3-5,7H,6,12H2,1-2H3. The van der Waals surface area contributed by atoms with Gasteiger partial charge in [0, 0.05) is 0 Å². The van der Waals surface area contributed by atoms with Gasteiger partial charge in [0.15, 0.2) is 0 Å². The van der Waals surface area contributed by atoms with Gasteiger partial charge in [-0.25, -0.2) is 9.67 Å². The lowest BCUT2D eigenvalue weighted by atomic mass is 10.1.